The fraction of sp³-hybridized carbons (Fsp3) is 0.571. The molecule has 0 amide bonds. The normalized spacial score (nSPS) is 18.0. The molecule has 7 heteroatoms. The maximum absolute atomic E-state index is 12.6. The highest BCUT2D eigenvalue weighted by Gasteiger charge is 2.34. The zero-order chi connectivity index (χ0) is 15.7. The number of thioether (sulfide) groups is 1. The summed E-state index contributed by atoms with van der Waals surface area (Å²) in [4.78, 5) is 0.253. The molecule has 0 unspecified atom stereocenters. The lowest BCUT2D eigenvalue weighted by Crippen LogP contribution is -2.38. The Morgan fingerprint density at radius 3 is 2.57 bits per heavy atom. The number of sulfonamides is 1. The molecule has 1 aliphatic rings. The van der Waals surface area contributed by atoms with Crippen molar-refractivity contribution >= 4 is 43.4 Å². The van der Waals surface area contributed by atoms with Crippen LogP contribution in [0.5, 0.6) is 0 Å². The quantitative estimate of drug-likeness (QED) is 0.753. The molecule has 0 aliphatic heterocycles. The summed E-state index contributed by atoms with van der Waals surface area (Å²) in [7, 11) is -3.54. The van der Waals surface area contributed by atoms with E-state index in [1.807, 2.05) is 0 Å². The van der Waals surface area contributed by atoms with Crippen molar-refractivity contribution in [3.63, 3.8) is 0 Å². The van der Waals surface area contributed by atoms with Crippen molar-refractivity contribution in [2.45, 2.75) is 42.2 Å². The number of benzene rings is 1. The molecule has 1 aromatic rings. The van der Waals surface area contributed by atoms with Crippen molar-refractivity contribution in [1.82, 2.24) is 4.72 Å². The van der Waals surface area contributed by atoms with Gasteiger partial charge in [0.2, 0.25) is 10.0 Å². The molecule has 0 heterocycles. The average molecular weight is 393 g/mol. The number of halogens is 1. The maximum atomic E-state index is 12.6. The van der Waals surface area contributed by atoms with Gasteiger partial charge in [0.1, 0.15) is 0 Å². The molecule has 4 nitrogen and oxygen atoms in total. The first-order valence-electron chi connectivity index (χ1n) is 6.90. The molecule has 0 atom stereocenters. The Bertz CT molecular complexity index is 626. The van der Waals surface area contributed by atoms with Gasteiger partial charge in [-0.15, -0.1) is 0 Å². The molecule has 0 spiro atoms. The van der Waals surface area contributed by atoms with Crippen molar-refractivity contribution in [1.29, 1.82) is 0 Å². The molecule has 2 rings (SSSR count). The highest BCUT2D eigenvalue weighted by molar-refractivity contribution is 9.10. The van der Waals surface area contributed by atoms with Gasteiger partial charge in [-0.25, -0.2) is 13.1 Å². The summed E-state index contributed by atoms with van der Waals surface area (Å²) in [5.74, 6) is 0. The van der Waals surface area contributed by atoms with Crippen LogP contribution < -0.4 is 10.5 Å². The van der Waals surface area contributed by atoms with Crippen molar-refractivity contribution in [3.8, 4) is 0 Å². The first-order valence-corrected chi connectivity index (χ1v) is 10.4. The fourth-order valence-corrected chi connectivity index (χ4v) is 5.79. The summed E-state index contributed by atoms with van der Waals surface area (Å²) in [6.45, 7) is 2.21. The van der Waals surface area contributed by atoms with E-state index in [0.717, 1.165) is 12.8 Å². The second-order valence-electron chi connectivity index (χ2n) is 5.54. The molecule has 0 aromatic heterocycles. The monoisotopic (exact) mass is 392 g/mol. The molecular formula is C14H21BrN2O2S2. The molecule has 0 radical (unpaired) electrons. The second kappa shape index (κ2) is 6.48. The first kappa shape index (κ1) is 17.1. The predicted molar refractivity (Wildman–Crippen MR) is 93.2 cm³/mol. The van der Waals surface area contributed by atoms with E-state index in [1.54, 1.807) is 30.8 Å². The van der Waals surface area contributed by atoms with Crippen LogP contribution in [-0.2, 0) is 10.0 Å². The summed E-state index contributed by atoms with van der Waals surface area (Å²) in [5.41, 5.74) is 6.93. The third kappa shape index (κ3) is 3.75. The first-order chi connectivity index (χ1) is 9.80. The van der Waals surface area contributed by atoms with Gasteiger partial charge in [-0.05, 0) is 43.7 Å². The molecule has 3 N–H and O–H groups in total. The topological polar surface area (TPSA) is 72.2 Å². The lowest BCUT2D eigenvalue weighted by Gasteiger charge is -2.27. The van der Waals surface area contributed by atoms with Crippen LogP contribution in [0.15, 0.2) is 21.5 Å². The van der Waals surface area contributed by atoms with Gasteiger partial charge < -0.3 is 5.73 Å². The van der Waals surface area contributed by atoms with E-state index in [0.29, 0.717) is 22.3 Å². The van der Waals surface area contributed by atoms with Crippen LogP contribution in [0, 0.1) is 6.92 Å². The van der Waals surface area contributed by atoms with Crippen LogP contribution in [0.1, 0.15) is 31.2 Å². The summed E-state index contributed by atoms with van der Waals surface area (Å²) in [6, 6.07) is 3.32. The Hall–Kier alpha value is -0.240. The lowest BCUT2D eigenvalue weighted by molar-refractivity contribution is 0.551. The number of nitrogens with one attached hydrogen (secondary N) is 1. The SMILES string of the molecule is CSC1(CNS(=O)(=O)c2cc(Br)cc(N)c2C)CCCC1. The molecule has 118 valence electrons. The molecule has 1 aliphatic carbocycles. The molecule has 21 heavy (non-hydrogen) atoms. The van der Waals surface area contributed by atoms with E-state index < -0.39 is 10.0 Å². The van der Waals surface area contributed by atoms with E-state index in [4.69, 9.17) is 5.73 Å². The number of hydrogen-bond donors (Lipinski definition) is 2. The highest BCUT2D eigenvalue weighted by atomic mass is 79.9. The van der Waals surface area contributed by atoms with Gasteiger partial charge in [0, 0.05) is 21.5 Å². The molecule has 1 fully saturated rings. The Balaban J connectivity index is 2.23. The second-order valence-corrected chi connectivity index (χ2v) is 9.46. The third-order valence-corrected chi connectivity index (χ3v) is 7.59. The van der Waals surface area contributed by atoms with Gasteiger partial charge in [-0.3, -0.25) is 0 Å². The van der Waals surface area contributed by atoms with Gasteiger partial charge in [-0.1, -0.05) is 28.8 Å². The average Bonchev–Trinajstić information content (AvgIpc) is 2.90. The molecule has 1 saturated carbocycles. The van der Waals surface area contributed by atoms with Crippen LogP contribution in [0.25, 0.3) is 0 Å². The number of nitrogen functional groups attached to an aromatic ring is 1. The van der Waals surface area contributed by atoms with Crippen LogP contribution in [0.2, 0.25) is 0 Å². The van der Waals surface area contributed by atoms with E-state index >= 15 is 0 Å². The van der Waals surface area contributed by atoms with Crippen LogP contribution in [-0.4, -0.2) is 26.0 Å². The van der Waals surface area contributed by atoms with Gasteiger partial charge in [0.05, 0.1) is 4.90 Å². The van der Waals surface area contributed by atoms with Crippen LogP contribution in [0.4, 0.5) is 5.69 Å². The van der Waals surface area contributed by atoms with Crippen molar-refractivity contribution in [2.75, 3.05) is 18.5 Å². The summed E-state index contributed by atoms with van der Waals surface area (Å²) in [5, 5.41) is 0. The predicted octanol–water partition coefficient (Wildman–Crippen LogP) is 3.29. The van der Waals surface area contributed by atoms with Gasteiger partial charge in [0.25, 0.3) is 0 Å². The largest absolute Gasteiger partial charge is 0.398 e. The standard InChI is InChI=1S/C14H21BrN2O2S2/c1-10-12(16)7-11(15)8-13(10)21(18,19)17-9-14(20-2)5-3-4-6-14/h7-8,17H,3-6,9,16H2,1-2H3. The molecule has 0 bridgehead atoms. The smallest absolute Gasteiger partial charge is 0.240 e. The van der Waals surface area contributed by atoms with Crippen LogP contribution in [0.3, 0.4) is 0 Å². The maximum Gasteiger partial charge on any atom is 0.240 e. The zero-order valence-corrected chi connectivity index (χ0v) is 15.5. The highest BCUT2D eigenvalue weighted by Crippen LogP contribution is 2.40. The van der Waals surface area contributed by atoms with Gasteiger partial charge in [0.15, 0.2) is 0 Å². The van der Waals surface area contributed by atoms with Crippen molar-refractivity contribution in [3.05, 3.63) is 22.2 Å². The molecule has 0 saturated heterocycles. The zero-order valence-electron chi connectivity index (χ0n) is 12.3. The number of anilines is 1. The number of nitrogens with two attached hydrogens (primary N) is 1. The Labute approximate surface area is 139 Å². The fourth-order valence-electron chi connectivity index (χ4n) is 2.73. The summed E-state index contributed by atoms with van der Waals surface area (Å²) >= 11 is 5.07. The lowest BCUT2D eigenvalue weighted by atomic mass is 10.1. The van der Waals surface area contributed by atoms with Gasteiger partial charge >= 0.3 is 0 Å². The minimum absolute atomic E-state index is 0.0402. The van der Waals surface area contributed by atoms with E-state index in [-0.39, 0.29) is 9.64 Å². The van der Waals surface area contributed by atoms with E-state index in [2.05, 4.69) is 26.9 Å². The minimum Gasteiger partial charge on any atom is -0.398 e. The molecule has 1 aromatic carbocycles. The van der Waals surface area contributed by atoms with Crippen molar-refractivity contribution in [2.24, 2.45) is 0 Å². The number of rotatable bonds is 5. The van der Waals surface area contributed by atoms with Gasteiger partial charge in [-0.2, -0.15) is 11.8 Å². The van der Waals surface area contributed by atoms with E-state index in [9.17, 15) is 8.42 Å². The minimum atomic E-state index is -3.54. The Morgan fingerprint density at radius 1 is 1.38 bits per heavy atom. The molecular weight excluding hydrogens is 372 g/mol. The van der Waals surface area contributed by atoms with E-state index in [1.165, 1.54) is 12.8 Å². The summed E-state index contributed by atoms with van der Waals surface area (Å²) < 4.78 is 28.6. The summed E-state index contributed by atoms with van der Waals surface area (Å²) in [6.07, 6.45) is 6.53. The van der Waals surface area contributed by atoms with Crippen molar-refractivity contribution < 1.29 is 8.42 Å². The Morgan fingerprint density at radius 2 is 2.00 bits per heavy atom. The van der Waals surface area contributed by atoms with Crippen LogP contribution >= 0.6 is 27.7 Å². The Kier molecular flexibility index (Phi) is 5.28. The number of hydrogen-bond acceptors (Lipinski definition) is 4. The third-order valence-electron chi connectivity index (χ3n) is 4.19.